The summed E-state index contributed by atoms with van der Waals surface area (Å²) in [4.78, 5) is 37.9. The minimum atomic E-state index is -0.666. The van der Waals surface area contributed by atoms with Crippen LogP contribution in [0.4, 0.5) is 0 Å². The van der Waals surface area contributed by atoms with Gasteiger partial charge in [0.15, 0.2) is 12.1 Å². The first-order valence-electron chi connectivity index (χ1n) is 14.1. The zero-order valence-electron chi connectivity index (χ0n) is 23.6. The first kappa shape index (κ1) is 29.5. The van der Waals surface area contributed by atoms with Gasteiger partial charge in [-0.1, -0.05) is 78.9 Å². The van der Waals surface area contributed by atoms with Gasteiger partial charge in [0.25, 0.3) is 5.91 Å². The Labute approximate surface area is 264 Å². The second-order valence-electron chi connectivity index (χ2n) is 10.2. The van der Waals surface area contributed by atoms with Gasteiger partial charge in [0.1, 0.15) is 16.8 Å². The molecule has 0 radical (unpaired) electrons. The number of aromatic nitrogens is 1. The maximum Gasteiger partial charge on any atom is 0.356 e. The zero-order valence-corrected chi connectivity index (χ0v) is 25.2. The average Bonchev–Trinajstić information content (AvgIpc) is 3.07. The number of esters is 1. The molecule has 0 aliphatic carbocycles. The zero-order chi connectivity index (χ0) is 30.3. The summed E-state index contributed by atoms with van der Waals surface area (Å²) in [6.45, 7) is 0. The number of nitrogens with zero attached hydrogens (tertiary/aromatic N) is 3. The van der Waals surface area contributed by atoms with Crippen molar-refractivity contribution in [3.8, 4) is 5.75 Å². The Kier molecular flexibility index (Phi) is 9.24. The van der Waals surface area contributed by atoms with E-state index in [2.05, 4.69) is 9.98 Å². The largest absolute Gasteiger partial charge is 0.507 e. The first-order chi connectivity index (χ1) is 21.6. The van der Waals surface area contributed by atoms with Crippen molar-refractivity contribution in [2.45, 2.75) is 17.5 Å². The summed E-state index contributed by atoms with van der Waals surface area (Å²) in [7, 11) is 0. The fourth-order valence-electron chi connectivity index (χ4n) is 5.02. The summed E-state index contributed by atoms with van der Waals surface area (Å²) >= 11 is 3.12. The molecule has 6 rings (SSSR count). The van der Waals surface area contributed by atoms with Crippen LogP contribution in [-0.4, -0.2) is 56.0 Å². The fourth-order valence-corrected chi connectivity index (χ4v) is 7.28. The Hall–Kier alpha value is -4.60. The number of thioether (sulfide) groups is 2. The van der Waals surface area contributed by atoms with E-state index in [9.17, 15) is 14.7 Å². The summed E-state index contributed by atoms with van der Waals surface area (Å²) in [6, 6.07) is 29.2. The van der Waals surface area contributed by atoms with Crippen LogP contribution in [0.15, 0.2) is 131 Å². The molecular weight excluding hydrogens is 591 g/mol. The number of ether oxygens (including phenoxy) is 1. The number of pyridine rings is 1. The molecule has 44 heavy (non-hydrogen) atoms. The van der Waals surface area contributed by atoms with Gasteiger partial charge in [-0.05, 0) is 51.9 Å². The molecule has 3 aromatic carbocycles. The smallest absolute Gasteiger partial charge is 0.356 e. The summed E-state index contributed by atoms with van der Waals surface area (Å²) in [6.07, 6.45) is 6.35. The van der Waals surface area contributed by atoms with Crippen molar-refractivity contribution in [2.75, 3.05) is 11.5 Å². The molecule has 2 atom stereocenters. The number of carbonyl (C=O) groups is 2. The van der Waals surface area contributed by atoms with Gasteiger partial charge in [-0.2, -0.15) is 0 Å². The summed E-state index contributed by atoms with van der Waals surface area (Å²) in [5, 5.41) is 11.8. The number of hydrogen-bond acceptors (Lipinski definition) is 8. The lowest BCUT2D eigenvalue weighted by Gasteiger charge is -2.48. The lowest BCUT2D eigenvalue weighted by atomic mass is 10.0. The highest BCUT2D eigenvalue weighted by Crippen LogP contribution is 2.43. The quantitative estimate of drug-likeness (QED) is 0.123. The Morgan fingerprint density at radius 3 is 2.41 bits per heavy atom. The molecule has 0 bridgehead atoms. The molecule has 1 unspecified atom stereocenters. The molecule has 1 saturated heterocycles. The van der Waals surface area contributed by atoms with Crippen LogP contribution in [-0.2, 0) is 14.3 Å². The second-order valence-corrected chi connectivity index (χ2v) is 12.1. The molecule has 2 aliphatic rings. The summed E-state index contributed by atoms with van der Waals surface area (Å²) in [5.41, 5.74) is 4.29. The van der Waals surface area contributed by atoms with Gasteiger partial charge in [-0.3, -0.25) is 19.7 Å². The van der Waals surface area contributed by atoms with Crippen LogP contribution in [0.2, 0.25) is 0 Å². The number of phenolic OH excluding ortho intramolecular Hbond substituents is 1. The maximum absolute atomic E-state index is 14.1. The first-order valence-corrected chi connectivity index (χ1v) is 16.2. The number of fused-ring (bicyclic) bond motifs is 1. The minimum Gasteiger partial charge on any atom is -0.507 e. The molecule has 3 heterocycles. The van der Waals surface area contributed by atoms with Crippen LogP contribution in [0, 0.1) is 0 Å². The number of phenols is 1. The Bertz CT molecular complexity index is 1670. The van der Waals surface area contributed by atoms with Gasteiger partial charge in [-0.15, -0.1) is 23.5 Å². The number of para-hydroxylation sites is 1. The van der Waals surface area contributed by atoms with Gasteiger partial charge >= 0.3 is 5.97 Å². The van der Waals surface area contributed by atoms with Gasteiger partial charge in [0.2, 0.25) is 0 Å². The van der Waals surface area contributed by atoms with E-state index in [-0.39, 0.29) is 22.7 Å². The van der Waals surface area contributed by atoms with Crippen LogP contribution in [0.25, 0.3) is 6.08 Å². The number of aromatic hydroxyl groups is 1. The molecule has 1 aromatic heterocycles. The predicted octanol–water partition coefficient (Wildman–Crippen LogP) is 6.48. The SMILES string of the molecule is O=C(OC(c1ccccc1)c1ccccc1)C1=C(CS/C=C\c2cccnc2)CS[C@H]2C(N=Cc3ccccc3O)C(=O)N12. The number of amides is 1. The highest BCUT2D eigenvalue weighted by Gasteiger charge is 2.54. The monoisotopic (exact) mass is 619 g/mol. The van der Waals surface area contributed by atoms with E-state index in [0.717, 1.165) is 22.3 Å². The third-order valence-electron chi connectivity index (χ3n) is 7.25. The van der Waals surface area contributed by atoms with E-state index in [0.29, 0.717) is 17.1 Å². The Morgan fingerprint density at radius 1 is 1.02 bits per heavy atom. The molecule has 2 aliphatic heterocycles. The summed E-state index contributed by atoms with van der Waals surface area (Å²) in [5.74, 6) is 0.336. The van der Waals surface area contributed by atoms with Gasteiger partial charge in [-0.25, -0.2) is 4.79 Å². The third-order valence-corrected chi connectivity index (χ3v) is 9.42. The minimum absolute atomic E-state index is 0.0897. The molecule has 7 nitrogen and oxygen atoms in total. The fraction of sp³-hybridized carbons (Fsp3) is 0.143. The van der Waals surface area contributed by atoms with Crippen LogP contribution >= 0.6 is 23.5 Å². The van der Waals surface area contributed by atoms with Gasteiger partial charge < -0.3 is 9.84 Å². The van der Waals surface area contributed by atoms with Crippen LogP contribution in [0.3, 0.4) is 0 Å². The highest BCUT2D eigenvalue weighted by molar-refractivity contribution is 8.02. The van der Waals surface area contributed by atoms with E-state index in [1.54, 1.807) is 60.2 Å². The number of aliphatic imine (C=N–C) groups is 1. The normalized spacial score (nSPS) is 18.1. The van der Waals surface area contributed by atoms with Crippen molar-refractivity contribution in [3.63, 3.8) is 0 Å². The number of rotatable bonds is 10. The van der Waals surface area contributed by atoms with Gasteiger partial charge in [0, 0.05) is 35.7 Å². The molecule has 220 valence electrons. The van der Waals surface area contributed by atoms with Crippen molar-refractivity contribution in [1.82, 2.24) is 9.88 Å². The van der Waals surface area contributed by atoms with Crippen molar-refractivity contribution >= 4 is 47.7 Å². The number of hydrogen-bond donors (Lipinski definition) is 1. The summed E-state index contributed by atoms with van der Waals surface area (Å²) < 4.78 is 6.24. The standard InChI is InChI=1S/C35H29N3O4S2/c39-29-16-8-7-15-27(29)21-37-30-33(40)38-31(28(23-44-34(30)38)22-43-19-17-24-10-9-18-36-20-24)35(41)42-32(25-11-3-1-4-12-25)26-13-5-2-6-14-26/h1-21,30,32,34,39H,22-23H2/b19-17-,37-21?/t30?,34-/m0/s1. The van der Waals surface area contributed by atoms with Crippen LogP contribution in [0.5, 0.6) is 5.75 Å². The van der Waals surface area contributed by atoms with Crippen molar-refractivity contribution in [1.29, 1.82) is 0 Å². The topological polar surface area (TPSA) is 92.1 Å². The number of carbonyl (C=O) groups excluding carboxylic acids is 2. The van der Waals surface area contributed by atoms with Crippen molar-refractivity contribution in [3.05, 3.63) is 148 Å². The van der Waals surface area contributed by atoms with Crippen molar-refractivity contribution < 1.29 is 19.4 Å². The van der Waals surface area contributed by atoms with Crippen LogP contribution < -0.4 is 0 Å². The lowest BCUT2D eigenvalue weighted by molar-refractivity contribution is -0.153. The number of β-lactam (4-membered cyclic amide) rings is 1. The molecule has 0 saturated carbocycles. The molecule has 1 N–H and O–H groups in total. The highest BCUT2D eigenvalue weighted by atomic mass is 32.2. The number of benzene rings is 3. The van der Waals surface area contributed by atoms with E-state index in [4.69, 9.17) is 4.74 Å². The Balaban J connectivity index is 1.28. The predicted molar refractivity (Wildman–Crippen MR) is 176 cm³/mol. The molecule has 1 amide bonds. The molecule has 0 spiro atoms. The second kappa shape index (κ2) is 13.8. The average molecular weight is 620 g/mol. The van der Waals surface area contributed by atoms with Gasteiger partial charge in [0.05, 0.1) is 0 Å². The van der Waals surface area contributed by atoms with E-state index >= 15 is 0 Å². The molecule has 1 fully saturated rings. The molecule has 4 aromatic rings. The molecular formula is C35H29N3O4S2. The third kappa shape index (κ3) is 6.49. The molecule has 9 heteroatoms. The van der Waals surface area contributed by atoms with E-state index < -0.39 is 18.1 Å². The van der Waals surface area contributed by atoms with E-state index in [1.165, 1.54) is 11.1 Å². The maximum atomic E-state index is 14.1. The lowest BCUT2D eigenvalue weighted by Crippen LogP contribution is -2.64. The van der Waals surface area contributed by atoms with E-state index in [1.807, 2.05) is 84.3 Å². The van der Waals surface area contributed by atoms with Crippen molar-refractivity contribution in [2.24, 2.45) is 4.99 Å². The Morgan fingerprint density at radius 2 is 1.73 bits per heavy atom. The van der Waals surface area contributed by atoms with Crippen LogP contribution in [0.1, 0.15) is 28.4 Å².